The smallest absolute Gasteiger partial charge is 0.231 e. The normalized spacial score (nSPS) is 24.6. The monoisotopic (exact) mass is 885 g/mol. The first-order chi connectivity index (χ1) is 44.4. The van der Waals surface area contributed by atoms with Gasteiger partial charge in [0, 0.05) is 33.0 Å². The summed E-state index contributed by atoms with van der Waals surface area (Å²) in [4.78, 5) is 12.0. The van der Waals surface area contributed by atoms with Gasteiger partial charge < -0.3 is 9.47 Å². The fourth-order valence-corrected chi connectivity index (χ4v) is 13.4. The Morgan fingerprint density at radius 1 is 0.523 bits per heavy atom. The molecule has 10 aromatic rings. The van der Waals surface area contributed by atoms with Crippen molar-refractivity contribution < 1.29 is 41.1 Å². The van der Waals surface area contributed by atoms with Crippen LogP contribution in [0.3, 0.4) is 0 Å². The molecule has 65 heavy (non-hydrogen) atoms. The maximum absolute atomic E-state index is 10.8. The van der Waals surface area contributed by atoms with Crippen LogP contribution in [0, 0.1) is 0 Å². The molecule has 4 nitrogen and oxygen atoms in total. The molecule has 314 valence electrons. The molecule has 1 aliphatic carbocycles. The third-order valence-electron chi connectivity index (χ3n) is 13.1. The Labute approximate surface area is 424 Å². The fraction of sp³-hybridized carbons (Fsp3) is 0.133. The Morgan fingerprint density at radius 2 is 1.11 bits per heavy atom. The molecule has 1 saturated carbocycles. The highest BCUT2D eigenvalue weighted by molar-refractivity contribution is 7.19. The van der Waals surface area contributed by atoms with Crippen molar-refractivity contribution in [1.82, 2.24) is 14.5 Å². The van der Waals surface area contributed by atoms with Gasteiger partial charge in [0.05, 0.1) is 74.8 Å². The molecule has 0 N–H and O–H groups in total. The fourth-order valence-electron chi connectivity index (χ4n) is 9.89. The van der Waals surface area contributed by atoms with Crippen LogP contribution in [-0.4, -0.2) is 28.1 Å². The molecule has 1 aliphatic heterocycles. The minimum Gasteiger partial charge on any atom is -0.309 e. The van der Waals surface area contributed by atoms with Crippen LogP contribution in [-0.2, 0) is 5.41 Å². The van der Waals surface area contributed by atoms with Gasteiger partial charge in [-0.25, -0.2) is 9.97 Å². The average Bonchev–Trinajstić information content (AvgIpc) is 1.51. The van der Waals surface area contributed by atoms with Crippen molar-refractivity contribution >= 4 is 62.3 Å². The first-order valence-electron chi connectivity index (χ1n) is 35.7. The van der Waals surface area contributed by atoms with Crippen LogP contribution in [0.25, 0.3) is 50.0 Å². The highest BCUT2D eigenvalue weighted by Crippen LogP contribution is 2.60. The molecule has 5 heteroatoms. The number of hydrogen-bond acceptors (Lipinski definition) is 3. The number of nitrogens with zero attached hydrogens (tertiary/aromatic N) is 4. The zero-order chi connectivity index (χ0) is 69.7. The second-order valence-electron chi connectivity index (χ2n) is 16.2. The molecule has 2 aromatic heterocycles. The summed E-state index contributed by atoms with van der Waals surface area (Å²) in [5, 5.41) is -4.96. The predicted molar refractivity (Wildman–Crippen MR) is 274 cm³/mol. The Hall–Kier alpha value is -7.34. The lowest BCUT2D eigenvalue weighted by atomic mass is 9.61. The number of benzene rings is 8. The van der Waals surface area contributed by atoms with Crippen molar-refractivity contribution in [2.45, 2.75) is 50.5 Å². The molecule has 0 amide bonds. The third-order valence-corrected chi connectivity index (χ3v) is 17.1. The third kappa shape index (κ3) is 5.95. The van der Waals surface area contributed by atoms with E-state index < -0.39 is 260 Å². The summed E-state index contributed by atoms with van der Waals surface area (Å²) in [7, 11) is -6.44. The van der Waals surface area contributed by atoms with E-state index >= 15 is 0 Å². The first kappa shape index (κ1) is 19.0. The summed E-state index contributed by atoms with van der Waals surface area (Å²) in [5.74, 6) is -0.346. The number of fused-ring (bicyclic) bond motifs is 6. The summed E-state index contributed by atoms with van der Waals surface area (Å²) < 4.78 is 282. The average molecular weight is 885 g/mol. The molecule has 0 bridgehead atoms. The summed E-state index contributed by atoms with van der Waals surface area (Å²) in [6, 6.07) is -22.0. The van der Waals surface area contributed by atoms with E-state index in [0.29, 0.717) is 24.9 Å². The number of anilines is 2. The topological polar surface area (TPSA) is 34.0 Å². The van der Waals surface area contributed by atoms with E-state index in [4.69, 9.17) is 27.8 Å². The van der Waals surface area contributed by atoms with Gasteiger partial charge in [0.15, 0.2) is 8.07 Å². The standard InChI is InChI=1S/C60H50N4Si/c1-59-39-20-21-40-60(59,2)64(57-38-19-15-34-51(57)59)58-61-52(42-53(62-58)50-33-14-18-37-56(50)63-54-35-16-12-31-48(54)49-32-13-17-36-55(49)63)43-23-22-30-47(41-43)65(44-24-6-3-7-25-44,45-26-8-4-9-27-45)46-28-10-5-11-29-46/h3-19,22-38,41-42H,20-21,39-40H2,1-2H3/i3D,4D,5D,6D,7D,8D,9D,10D,11D,12D,13D,14D,16D,17D,18D,22D,23D,24D,25D,26D,27D,28D,29D,30D,31D,33D,35D,36D,37D,41D. The maximum Gasteiger partial charge on any atom is 0.231 e. The van der Waals surface area contributed by atoms with Crippen molar-refractivity contribution in [3.05, 3.63) is 223 Å². The first-order valence-corrected chi connectivity index (χ1v) is 22.7. The van der Waals surface area contributed by atoms with Crippen LogP contribution in [0.5, 0.6) is 0 Å². The molecule has 8 aromatic carbocycles. The van der Waals surface area contributed by atoms with E-state index in [2.05, 4.69) is 0 Å². The van der Waals surface area contributed by atoms with E-state index in [1.54, 1.807) is 17.0 Å². The van der Waals surface area contributed by atoms with E-state index in [0.717, 1.165) is 28.7 Å². The van der Waals surface area contributed by atoms with Gasteiger partial charge in [0.25, 0.3) is 0 Å². The van der Waals surface area contributed by atoms with Crippen LogP contribution in [0.2, 0.25) is 0 Å². The van der Waals surface area contributed by atoms with Gasteiger partial charge in [-0.15, -0.1) is 0 Å². The van der Waals surface area contributed by atoms with Gasteiger partial charge in [0.1, 0.15) is 0 Å². The molecule has 0 spiro atoms. The zero-order valence-electron chi connectivity index (χ0n) is 64.6. The SMILES string of the molecule is [2H]c1cc2c3c([2H])c([2H])c([2H])c([2H])c3n(-c3c([2H])c([2H])c([2H])c([2H])c3-c3cc(-c4c([2H])c([2H])c([2H])c([Si](c5c([2H])c([2H])c([2H])c([2H])c5[2H])(c5c([2H])c([2H])c([2H])c([2H])c5[2H])c5c([2H])c([2H])c([2H])c([2H])c5[2H])c4[2H])nc(N4c5ccccc5C5(C)CCCCC45C)n3)c2c([2H])c1[2H]. The summed E-state index contributed by atoms with van der Waals surface area (Å²) in [6.07, 6.45) is 2.41. The molecule has 0 saturated heterocycles. The Kier molecular flexibility index (Phi) is 4.51. The van der Waals surface area contributed by atoms with Crippen molar-refractivity contribution in [3.63, 3.8) is 0 Å². The van der Waals surface area contributed by atoms with Gasteiger partial charge >= 0.3 is 0 Å². The zero-order valence-corrected chi connectivity index (χ0v) is 35.6. The maximum atomic E-state index is 10.8. The number of aromatic nitrogens is 3. The van der Waals surface area contributed by atoms with Crippen molar-refractivity contribution in [2.75, 3.05) is 4.90 Å². The van der Waals surface area contributed by atoms with Crippen molar-refractivity contribution in [3.8, 4) is 28.2 Å². The van der Waals surface area contributed by atoms with Crippen molar-refractivity contribution in [1.29, 1.82) is 0 Å². The molecule has 2 unspecified atom stereocenters. The summed E-state index contributed by atoms with van der Waals surface area (Å²) >= 11 is 0. The van der Waals surface area contributed by atoms with Gasteiger partial charge in [-0.3, -0.25) is 0 Å². The predicted octanol–water partition coefficient (Wildman–Crippen LogP) is 12.0. The lowest BCUT2D eigenvalue weighted by Crippen LogP contribution is -2.74. The van der Waals surface area contributed by atoms with E-state index in [1.807, 2.05) is 26.0 Å². The molecule has 2 aliphatic rings. The lowest BCUT2D eigenvalue weighted by Gasteiger charge is -2.49. The minimum absolute atomic E-state index is 0.202. The Morgan fingerprint density at radius 3 is 1.85 bits per heavy atom. The van der Waals surface area contributed by atoms with Crippen LogP contribution in [0.15, 0.2) is 218 Å². The van der Waals surface area contributed by atoms with Gasteiger partial charge in [-0.1, -0.05) is 207 Å². The van der Waals surface area contributed by atoms with Crippen LogP contribution >= 0.6 is 0 Å². The summed E-state index contributed by atoms with van der Waals surface area (Å²) in [6.45, 7) is 3.96. The second kappa shape index (κ2) is 15.4. The largest absolute Gasteiger partial charge is 0.309 e. The van der Waals surface area contributed by atoms with Crippen molar-refractivity contribution in [2.24, 2.45) is 0 Å². The number of rotatable bonds is 8. The second-order valence-corrected chi connectivity index (χ2v) is 19.7. The van der Waals surface area contributed by atoms with E-state index in [1.165, 1.54) is 0 Å². The molecule has 3 heterocycles. The van der Waals surface area contributed by atoms with E-state index in [-0.39, 0.29) is 16.7 Å². The molecule has 1 fully saturated rings. The van der Waals surface area contributed by atoms with Crippen LogP contribution in [0.4, 0.5) is 11.6 Å². The Bertz CT molecular complexity index is 4920. The Balaban J connectivity index is 1.35. The van der Waals surface area contributed by atoms with Gasteiger partial charge in [0.2, 0.25) is 5.95 Å². The lowest BCUT2D eigenvalue weighted by molar-refractivity contribution is 0.193. The van der Waals surface area contributed by atoms with Gasteiger partial charge in [-0.05, 0) is 76.3 Å². The molecule has 12 rings (SSSR count). The number of hydrogen-bond donors (Lipinski definition) is 0. The number of para-hydroxylation sites is 4. The molecule has 0 radical (unpaired) electrons. The van der Waals surface area contributed by atoms with Crippen LogP contribution < -0.4 is 25.6 Å². The molecular weight excluding hydrogens is 805 g/mol. The van der Waals surface area contributed by atoms with Crippen LogP contribution in [0.1, 0.15) is 86.2 Å². The quantitative estimate of drug-likeness (QED) is 0.113. The van der Waals surface area contributed by atoms with E-state index in [9.17, 15) is 23.3 Å². The van der Waals surface area contributed by atoms with Gasteiger partial charge in [-0.2, -0.15) is 0 Å². The molecular formula is C60H50N4Si. The highest BCUT2D eigenvalue weighted by atomic mass is 28.3. The highest BCUT2D eigenvalue weighted by Gasteiger charge is 2.58. The summed E-state index contributed by atoms with van der Waals surface area (Å²) in [5.41, 5.74) is -4.72. The minimum atomic E-state index is -6.44. The molecule has 2 atom stereocenters.